The second kappa shape index (κ2) is 5.51. The summed E-state index contributed by atoms with van der Waals surface area (Å²) in [6.45, 7) is 9.29. The van der Waals surface area contributed by atoms with Crippen LogP contribution in [0.5, 0.6) is 5.75 Å². The van der Waals surface area contributed by atoms with Crippen LogP contribution in [-0.4, -0.2) is 24.9 Å². The maximum absolute atomic E-state index is 5.95. The second-order valence-corrected chi connectivity index (χ2v) is 6.25. The van der Waals surface area contributed by atoms with Gasteiger partial charge in [0.2, 0.25) is 0 Å². The lowest BCUT2D eigenvalue weighted by molar-refractivity contribution is -0.0945. The molecule has 1 fully saturated rings. The van der Waals surface area contributed by atoms with Crippen molar-refractivity contribution in [1.82, 2.24) is 0 Å². The van der Waals surface area contributed by atoms with Crippen molar-refractivity contribution in [2.75, 3.05) is 6.61 Å². The molecule has 3 nitrogen and oxygen atoms in total. The van der Waals surface area contributed by atoms with Crippen LogP contribution in [-0.2, 0) is 10.2 Å². The molecule has 19 heavy (non-hydrogen) atoms. The second-order valence-electron chi connectivity index (χ2n) is 6.25. The van der Waals surface area contributed by atoms with Gasteiger partial charge in [0.15, 0.2) is 0 Å². The summed E-state index contributed by atoms with van der Waals surface area (Å²) in [7, 11) is 0. The summed E-state index contributed by atoms with van der Waals surface area (Å²) in [6.07, 6.45) is 0.994. The molecule has 3 unspecified atom stereocenters. The van der Waals surface area contributed by atoms with Gasteiger partial charge in [0.05, 0.1) is 0 Å². The maximum atomic E-state index is 5.95. The quantitative estimate of drug-likeness (QED) is 0.908. The molecule has 0 aromatic heterocycles. The van der Waals surface area contributed by atoms with Crippen LogP contribution in [0, 0.1) is 0 Å². The Labute approximate surface area is 116 Å². The minimum atomic E-state index is 0.0345. The number of ether oxygens (including phenoxy) is 2. The average Bonchev–Trinajstić information content (AvgIpc) is 2.35. The Morgan fingerprint density at radius 2 is 1.84 bits per heavy atom. The summed E-state index contributed by atoms with van der Waals surface area (Å²) in [5.41, 5.74) is 7.41. The maximum Gasteiger partial charge on any atom is 0.128 e. The lowest BCUT2D eigenvalue weighted by Crippen LogP contribution is -2.59. The van der Waals surface area contributed by atoms with E-state index in [-0.39, 0.29) is 23.7 Å². The van der Waals surface area contributed by atoms with Crippen molar-refractivity contribution in [1.29, 1.82) is 0 Å². The van der Waals surface area contributed by atoms with Gasteiger partial charge in [-0.25, -0.2) is 0 Å². The molecule has 0 saturated heterocycles. The molecule has 3 heteroatoms. The molecule has 0 amide bonds. The van der Waals surface area contributed by atoms with Crippen molar-refractivity contribution >= 4 is 0 Å². The normalized spacial score (nSPS) is 26.9. The number of nitrogens with two attached hydrogens (primary N) is 1. The molecule has 0 aliphatic heterocycles. The van der Waals surface area contributed by atoms with Crippen molar-refractivity contribution < 1.29 is 9.47 Å². The minimum Gasteiger partial charge on any atom is -0.488 e. The zero-order valence-corrected chi connectivity index (χ0v) is 12.3. The first-order valence-corrected chi connectivity index (χ1v) is 7.06. The van der Waals surface area contributed by atoms with E-state index >= 15 is 0 Å². The summed E-state index contributed by atoms with van der Waals surface area (Å²) in [5.74, 6) is 0.898. The van der Waals surface area contributed by atoms with Crippen LogP contribution >= 0.6 is 0 Å². The van der Waals surface area contributed by atoms with Crippen LogP contribution in [0.1, 0.15) is 39.7 Å². The molecule has 2 rings (SSSR count). The molecular weight excluding hydrogens is 238 g/mol. The van der Waals surface area contributed by atoms with E-state index in [0.717, 1.165) is 12.2 Å². The molecule has 0 heterocycles. The van der Waals surface area contributed by atoms with Crippen LogP contribution in [0.3, 0.4) is 0 Å². The van der Waals surface area contributed by atoms with E-state index in [4.69, 9.17) is 15.2 Å². The molecule has 1 saturated carbocycles. The summed E-state index contributed by atoms with van der Waals surface area (Å²) in [6, 6.07) is 8.44. The summed E-state index contributed by atoms with van der Waals surface area (Å²) in [4.78, 5) is 0. The SMILES string of the molecule is CCOC1C(N)CC1Oc1ccc(C(C)(C)C)cc1. The van der Waals surface area contributed by atoms with Crippen LogP contribution in [0.15, 0.2) is 24.3 Å². The average molecular weight is 263 g/mol. The molecule has 1 aromatic rings. The van der Waals surface area contributed by atoms with E-state index in [0.29, 0.717) is 6.61 Å². The molecule has 0 spiro atoms. The molecule has 0 radical (unpaired) electrons. The van der Waals surface area contributed by atoms with Crippen molar-refractivity contribution in [3.63, 3.8) is 0 Å². The van der Waals surface area contributed by atoms with Gasteiger partial charge >= 0.3 is 0 Å². The number of hydrogen-bond donors (Lipinski definition) is 1. The van der Waals surface area contributed by atoms with Crippen molar-refractivity contribution in [2.24, 2.45) is 5.73 Å². The smallest absolute Gasteiger partial charge is 0.128 e. The van der Waals surface area contributed by atoms with Crippen LogP contribution in [0.4, 0.5) is 0 Å². The lowest BCUT2D eigenvalue weighted by atomic mass is 9.85. The van der Waals surface area contributed by atoms with Gasteiger partial charge < -0.3 is 15.2 Å². The first kappa shape index (κ1) is 14.4. The molecular formula is C16H25NO2. The van der Waals surface area contributed by atoms with Gasteiger partial charge in [-0.15, -0.1) is 0 Å². The predicted octanol–water partition coefficient (Wildman–Crippen LogP) is 2.87. The summed E-state index contributed by atoms with van der Waals surface area (Å²) in [5, 5.41) is 0. The fourth-order valence-corrected chi connectivity index (χ4v) is 2.36. The zero-order chi connectivity index (χ0) is 14.0. The lowest BCUT2D eigenvalue weighted by Gasteiger charge is -2.41. The van der Waals surface area contributed by atoms with Crippen LogP contribution in [0.25, 0.3) is 0 Å². The zero-order valence-electron chi connectivity index (χ0n) is 12.3. The van der Waals surface area contributed by atoms with Gasteiger partial charge in [-0.2, -0.15) is 0 Å². The highest BCUT2D eigenvalue weighted by atomic mass is 16.5. The fraction of sp³-hybridized carbons (Fsp3) is 0.625. The Bertz CT molecular complexity index is 408. The Hall–Kier alpha value is -1.06. The summed E-state index contributed by atoms with van der Waals surface area (Å²) >= 11 is 0. The van der Waals surface area contributed by atoms with Gasteiger partial charge in [0, 0.05) is 19.1 Å². The standard InChI is InChI=1S/C16H25NO2/c1-5-18-15-13(17)10-14(15)19-12-8-6-11(7-9-12)16(2,3)4/h6-9,13-15H,5,10,17H2,1-4H3. The first-order chi connectivity index (χ1) is 8.91. The van der Waals surface area contributed by atoms with E-state index < -0.39 is 0 Å². The van der Waals surface area contributed by atoms with Crippen molar-refractivity contribution in [3.8, 4) is 5.75 Å². The molecule has 1 aromatic carbocycles. The minimum absolute atomic E-state index is 0.0345. The number of rotatable bonds is 4. The number of hydrogen-bond acceptors (Lipinski definition) is 3. The number of benzene rings is 1. The molecule has 1 aliphatic carbocycles. The fourth-order valence-electron chi connectivity index (χ4n) is 2.36. The largest absolute Gasteiger partial charge is 0.488 e. The highest BCUT2D eigenvalue weighted by Crippen LogP contribution is 2.29. The van der Waals surface area contributed by atoms with Gasteiger partial charge in [0.1, 0.15) is 18.0 Å². The molecule has 0 bridgehead atoms. The Morgan fingerprint density at radius 1 is 1.21 bits per heavy atom. The monoisotopic (exact) mass is 263 g/mol. The van der Waals surface area contributed by atoms with Gasteiger partial charge in [-0.3, -0.25) is 0 Å². The van der Waals surface area contributed by atoms with E-state index in [1.807, 2.05) is 19.1 Å². The van der Waals surface area contributed by atoms with Gasteiger partial charge in [-0.05, 0) is 30.0 Å². The third-order valence-electron chi connectivity index (χ3n) is 3.66. The Morgan fingerprint density at radius 3 is 2.32 bits per heavy atom. The van der Waals surface area contributed by atoms with Crippen LogP contribution < -0.4 is 10.5 Å². The summed E-state index contributed by atoms with van der Waals surface area (Å²) < 4.78 is 11.6. The molecule has 2 N–H and O–H groups in total. The van der Waals surface area contributed by atoms with Crippen molar-refractivity contribution in [2.45, 2.75) is 57.8 Å². The molecule has 1 aliphatic rings. The molecule has 3 atom stereocenters. The van der Waals surface area contributed by atoms with Gasteiger partial charge in [0.25, 0.3) is 0 Å². The van der Waals surface area contributed by atoms with E-state index in [1.54, 1.807) is 0 Å². The first-order valence-electron chi connectivity index (χ1n) is 7.06. The molecule has 106 valence electrons. The van der Waals surface area contributed by atoms with E-state index in [1.165, 1.54) is 5.56 Å². The topological polar surface area (TPSA) is 44.5 Å². The van der Waals surface area contributed by atoms with E-state index in [2.05, 4.69) is 32.9 Å². The van der Waals surface area contributed by atoms with Gasteiger partial charge in [-0.1, -0.05) is 32.9 Å². The highest BCUT2D eigenvalue weighted by molar-refractivity contribution is 5.31. The Kier molecular flexibility index (Phi) is 4.16. The predicted molar refractivity (Wildman–Crippen MR) is 77.6 cm³/mol. The highest BCUT2D eigenvalue weighted by Gasteiger charge is 2.41. The third kappa shape index (κ3) is 3.28. The van der Waals surface area contributed by atoms with Crippen LogP contribution in [0.2, 0.25) is 0 Å². The Balaban J connectivity index is 1.97. The van der Waals surface area contributed by atoms with Crippen molar-refractivity contribution in [3.05, 3.63) is 29.8 Å². The van der Waals surface area contributed by atoms with E-state index in [9.17, 15) is 0 Å². The third-order valence-corrected chi connectivity index (χ3v) is 3.66.